The maximum atomic E-state index is 5.98. The van der Waals surface area contributed by atoms with Crippen molar-refractivity contribution in [1.29, 1.82) is 0 Å². The molecule has 1 aromatic heterocycles. The number of rotatable bonds is 3. The Morgan fingerprint density at radius 1 is 1.53 bits per heavy atom. The molecule has 2 heterocycles. The molecule has 2 unspecified atom stereocenters. The van der Waals surface area contributed by atoms with Crippen LogP contribution in [0.3, 0.4) is 0 Å². The van der Waals surface area contributed by atoms with Crippen LogP contribution < -0.4 is 4.90 Å². The maximum absolute atomic E-state index is 5.98. The van der Waals surface area contributed by atoms with E-state index in [2.05, 4.69) is 22.0 Å². The lowest BCUT2D eigenvalue weighted by Gasteiger charge is -2.25. The van der Waals surface area contributed by atoms with Crippen molar-refractivity contribution in [3.05, 3.63) is 5.01 Å². The van der Waals surface area contributed by atoms with Crippen molar-refractivity contribution in [2.45, 2.75) is 32.7 Å². The summed E-state index contributed by atoms with van der Waals surface area (Å²) in [5, 5.41) is 10.4. The van der Waals surface area contributed by atoms with Crippen LogP contribution in [0.2, 0.25) is 0 Å². The summed E-state index contributed by atoms with van der Waals surface area (Å²) in [5.74, 6) is 1.37. The Labute approximate surface area is 99.5 Å². The van der Waals surface area contributed by atoms with Crippen LogP contribution in [-0.4, -0.2) is 28.7 Å². The first kappa shape index (κ1) is 11.1. The summed E-state index contributed by atoms with van der Waals surface area (Å²) >= 11 is 7.66. The summed E-state index contributed by atoms with van der Waals surface area (Å²) in [7, 11) is 0. The highest BCUT2D eigenvalue weighted by Gasteiger charge is 2.33. The van der Waals surface area contributed by atoms with Crippen LogP contribution in [0.15, 0.2) is 0 Å². The lowest BCUT2D eigenvalue weighted by atomic mass is 10.0. The number of nitrogens with zero attached hydrogens (tertiary/aromatic N) is 3. The molecule has 15 heavy (non-hydrogen) atoms. The fourth-order valence-electron chi connectivity index (χ4n) is 2.29. The molecule has 1 saturated heterocycles. The minimum Gasteiger partial charge on any atom is -0.343 e. The summed E-state index contributed by atoms with van der Waals surface area (Å²) in [6.07, 6.45) is 2.32. The van der Waals surface area contributed by atoms with Gasteiger partial charge in [-0.1, -0.05) is 18.3 Å². The quantitative estimate of drug-likeness (QED) is 0.767. The van der Waals surface area contributed by atoms with E-state index in [0.717, 1.165) is 29.0 Å². The first-order valence-electron chi connectivity index (χ1n) is 5.39. The molecule has 0 saturated carbocycles. The standard InChI is InChI=1S/C10H16ClN3S/c1-3-9-8(6-11)4-5-14(9)10-13-12-7(2)15-10/h8-9H,3-6H2,1-2H3. The lowest BCUT2D eigenvalue weighted by Crippen LogP contribution is -2.32. The van der Waals surface area contributed by atoms with Gasteiger partial charge in [-0.05, 0) is 25.7 Å². The number of halogens is 1. The maximum Gasteiger partial charge on any atom is 0.208 e. The molecule has 0 aromatic carbocycles. The van der Waals surface area contributed by atoms with Crippen LogP contribution in [0, 0.1) is 12.8 Å². The van der Waals surface area contributed by atoms with E-state index in [4.69, 9.17) is 11.6 Å². The Balaban J connectivity index is 2.16. The van der Waals surface area contributed by atoms with Crippen LogP contribution >= 0.6 is 22.9 Å². The molecule has 1 aliphatic heterocycles. The normalized spacial score (nSPS) is 26.2. The highest BCUT2D eigenvalue weighted by Crippen LogP contribution is 2.33. The molecule has 0 aliphatic carbocycles. The van der Waals surface area contributed by atoms with E-state index in [-0.39, 0.29) is 0 Å². The molecular weight excluding hydrogens is 230 g/mol. The molecule has 0 amide bonds. The molecular formula is C10H16ClN3S. The van der Waals surface area contributed by atoms with Crippen LogP contribution in [-0.2, 0) is 0 Å². The van der Waals surface area contributed by atoms with Gasteiger partial charge in [-0.3, -0.25) is 0 Å². The average Bonchev–Trinajstić information content (AvgIpc) is 2.82. The topological polar surface area (TPSA) is 29.0 Å². The van der Waals surface area contributed by atoms with Crippen molar-refractivity contribution < 1.29 is 0 Å². The summed E-state index contributed by atoms with van der Waals surface area (Å²) in [5.41, 5.74) is 0. The number of aromatic nitrogens is 2. The Hall–Kier alpha value is -0.350. The van der Waals surface area contributed by atoms with Gasteiger partial charge in [0.05, 0.1) is 0 Å². The van der Waals surface area contributed by atoms with Crippen molar-refractivity contribution in [2.75, 3.05) is 17.3 Å². The molecule has 1 aromatic rings. The highest BCUT2D eigenvalue weighted by molar-refractivity contribution is 7.15. The summed E-state index contributed by atoms with van der Waals surface area (Å²) < 4.78 is 0. The second-order valence-electron chi connectivity index (χ2n) is 3.98. The smallest absolute Gasteiger partial charge is 0.208 e. The molecule has 0 bridgehead atoms. The van der Waals surface area contributed by atoms with Gasteiger partial charge in [0.15, 0.2) is 0 Å². The zero-order valence-corrected chi connectivity index (χ0v) is 10.7. The Morgan fingerprint density at radius 2 is 2.33 bits per heavy atom. The first-order valence-corrected chi connectivity index (χ1v) is 6.74. The van der Waals surface area contributed by atoms with E-state index >= 15 is 0 Å². The van der Waals surface area contributed by atoms with E-state index in [1.807, 2.05) is 6.92 Å². The van der Waals surface area contributed by atoms with E-state index < -0.39 is 0 Å². The third-order valence-electron chi connectivity index (χ3n) is 3.06. The molecule has 84 valence electrons. The highest BCUT2D eigenvalue weighted by atomic mass is 35.5. The van der Waals surface area contributed by atoms with Crippen LogP contribution in [0.25, 0.3) is 0 Å². The molecule has 5 heteroatoms. The Morgan fingerprint density at radius 3 is 2.87 bits per heavy atom. The summed E-state index contributed by atoms with van der Waals surface area (Å²) in [6, 6.07) is 0.551. The lowest BCUT2D eigenvalue weighted by molar-refractivity contribution is 0.503. The second kappa shape index (κ2) is 4.66. The van der Waals surface area contributed by atoms with Crippen LogP contribution in [0.4, 0.5) is 5.13 Å². The van der Waals surface area contributed by atoms with Gasteiger partial charge in [0.1, 0.15) is 5.01 Å². The van der Waals surface area contributed by atoms with E-state index in [9.17, 15) is 0 Å². The van der Waals surface area contributed by atoms with E-state index in [1.54, 1.807) is 11.3 Å². The summed E-state index contributed by atoms with van der Waals surface area (Å²) in [6.45, 7) is 5.29. The van der Waals surface area contributed by atoms with Gasteiger partial charge < -0.3 is 4.90 Å². The first-order chi connectivity index (χ1) is 7.26. The van der Waals surface area contributed by atoms with Crippen molar-refractivity contribution in [2.24, 2.45) is 5.92 Å². The molecule has 0 radical (unpaired) electrons. The SMILES string of the molecule is CCC1C(CCl)CCN1c1nnc(C)s1. The number of hydrogen-bond donors (Lipinski definition) is 0. The second-order valence-corrected chi connectivity index (χ2v) is 5.44. The van der Waals surface area contributed by atoms with Gasteiger partial charge in [0.25, 0.3) is 0 Å². The van der Waals surface area contributed by atoms with E-state index in [1.165, 1.54) is 6.42 Å². The minimum atomic E-state index is 0.551. The molecule has 1 aliphatic rings. The van der Waals surface area contributed by atoms with Gasteiger partial charge in [-0.2, -0.15) is 0 Å². The largest absolute Gasteiger partial charge is 0.343 e. The zero-order chi connectivity index (χ0) is 10.8. The van der Waals surface area contributed by atoms with Crippen molar-refractivity contribution >= 4 is 28.1 Å². The molecule has 3 nitrogen and oxygen atoms in total. The monoisotopic (exact) mass is 245 g/mol. The fraction of sp³-hybridized carbons (Fsp3) is 0.800. The Bertz CT molecular complexity index is 328. The third-order valence-corrected chi connectivity index (χ3v) is 4.33. The number of aryl methyl sites for hydroxylation is 1. The van der Waals surface area contributed by atoms with Gasteiger partial charge >= 0.3 is 0 Å². The van der Waals surface area contributed by atoms with Gasteiger partial charge in [0, 0.05) is 18.5 Å². The van der Waals surface area contributed by atoms with Gasteiger partial charge in [-0.25, -0.2) is 0 Å². The number of hydrogen-bond acceptors (Lipinski definition) is 4. The van der Waals surface area contributed by atoms with Crippen molar-refractivity contribution in [1.82, 2.24) is 10.2 Å². The average molecular weight is 246 g/mol. The Kier molecular flexibility index (Phi) is 3.46. The molecule has 0 N–H and O–H groups in total. The number of alkyl halides is 1. The van der Waals surface area contributed by atoms with Gasteiger partial charge in [-0.15, -0.1) is 21.8 Å². The molecule has 1 fully saturated rings. The van der Waals surface area contributed by atoms with Crippen molar-refractivity contribution in [3.63, 3.8) is 0 Å². The minimum absolute atomic E-state index is 0.551. The zero-order valence-electron chi connectivity index (χ0n) is 9.11. The van der Waals surface area contributed by atoms with Crippen LogP contribution in [0.5, 0.6) is 0 Å². The number of anilines is 1. The van der Waals surface area contributed by atoms with Gasteiger partial charge in [0.2, 0.25) is 5.13 Å². The third kappa shape index (κ3) is 2.11. The van der Waals surface area contributed by atoms with Crippen molar-refractivity contribution in [3.8, 4) is 0 Å². The predicted octanol–water partition coefficient (Wildman–Crippen LogP) is 2.69. The molecule has 2 rings (SSSR count). The van der Waals surface area contributed by atoms with E-state index in [0.29, 0.717) is 12.0 Å². The van der Waals surface area contributed by atoms with Crippen LogP contribution in [0.1, 0.15) is 24.8 Å². The summed E-state index contributed by atoms with van der Waals surface area (Å²) in [4.78, 5) is 2.37. The molecule has 2 atom stereocenters. The predicted molar refractivity (Wildman–Crippen MR) is 64.9 cm³/mol. The fourth-order valence-corrected chi connectivity index (χ4v) is 3.42. The molecule has 0 spiro atoms.